The first-order valence-corrected chi connectivity index (χ1v) is 6.81. The van der Waals surface area contributed by atoms with Crippen molar-refractivity contribution in [3.63, 3.8) is 0 Å². The van der Waals surface area contributed by atoms with E-state index < -0.39 is 0 Å². The fourth-order valence-corrected chi connectivity index (χ4v) is 2.44. The van der Waals surface area contributed by atoms with Gasteiger partial charge in [0.1, 0.15) is 5.01 Å². The van der Waals surface area contributed by atoms with Gasteiger partial charge < -0.3 is 10.4 Å². The van der Waals surface area contributed by atoms with E-state index in [0.717, 1.165) is 23.1 Å². The van der Waals surface area contributed by atoms with Crippen LogP contribution in [0.1, 0.15) is 22.9 Å². The number of rotatable bonds is 6. The van der Waals surface area contributed by atoms with E-state index in [-0.39, 0.29) is 6.61 Å². The van der Waals surface area contributed by atoms with Crippen molar-refractivity contribution in [3.8, 4) is 0 Å². The second-order valence-corrected chi connectivity index (χ2v) is 5.31. The van der Waals surface area contributed by atoms with Gasteiger partial charge >= 0.3 is 0 Å². The molecular formula is C13H17N3OS. The van der Waals surface area contributed by atoms with Gasteiger partial charge in [0.15, 0.2) is 0 Å². The molecular weight excluding hydrogens is 246 g/mol. The van der Waals surface area contributed by atoms with E-state index >= 15 is 0 Å². The minimum absolute atomic E-state index is 0.191. The maximum atomic E-state index is 9.15. The molecule has 2 N–H and O–H groups in total. The van der Waals surface area contributed by atoms with E-state index in [9.17, 15) is 0 Å². The average molecular weight is 263 g/mol. The van der Waals surface area contributed by atoms with E-state index in [0.29, 0.717) is 5.92 Å². The quantitative estimate of drug-likeness (QED) is 0.840. The zero-order valence-electron chi connectivity index (χ0n) is 10.3. The lowest BCUT2D eigenvalue weighted by Gasteiger charge is -2.16. The van der Waals surface area contributed by atoms with Crippen molar-refractivity contribution >= 4 is 16.5 Å². The Balaban J connectivity index is 1.98. The van der Waals surface area contributed by atoms with Crippen molar-refractivity contribution in [2.75, 3.05) is 18.5 Å². The SMILES string of the molecule is Cc1nnc(NCC(CCO)c2ccccc2)s1. The summed E-state index contributed by atoms with van der Waals surface area (Å²) in [5.41, 5.74) is 1.24. The zero-order chi connectivity index (χ0) is 12.8. The second-order valence-electron chi connectivity index (χ2n) is 4.13. The van der Waals surface area contributed by atoms with Crippen molar-refractivity contribution in [2.45, 2.75) is 19.3 Å². The summed E-state index contributed by atoms with van der Waals surface area (Å²) in [6.45, 7) is 2.89. The predicted octanol–water partition coefficient (Wildman–Crippen LogP) is 2.42. The molecule has 0 aliphatic carbocycles. The maximum Gasteiger partial charge on any atom is 0.205 e. The van der Waals surface area contributed by atoms with Gasteiger partial charge in [0.25, 0.3) is 0 Å². The third-order valence-electron chi connectivity index (χ3n) is 2.77. The molecule has 1 aromatic carbocycles. The van der Waals surface area contributed by atoms with Gasteiger partial charge in [0.2, 0.25) is 5.13 Å². The molecule has 18 heavy (non-hydrogen) atoms. The molecule has 0 saturated carbocycles. The predicted molar refractivity (Wildman–Crippen MR) is 74.0 cm³/mol. The van der Waals surface area contributed by atoms with Gasteiger partial charge in [0, 0.05) is 19.1 Å². The Labute approximate surface area is 111 Å². The molecule has 0 radical (unpaired) electrons. The number of hydrogen-bond donors (Lipinski definition) is 2. The van der Waals surface area contributed by atoms with Crippen LogP contribution < -0.4 is 5.32 Å². The Hall–Kier alpha value is -1.46. The van der Waals surface area contributed by atoms with Crippen LogP contribution in [0.2, 0.25) is 0 Å². The highest BCUT2D eigenvalue weighted by molar-refractivity contribution is 7.15. The summed E-state index contributed by atoms with van der Waals surface area (Å²) < 4.78 is 0. The second kappa shape index (κ2) is 6.47. The topological polar surface area (TPSA) is 58.0 Å². The number of aliphatic hydroxyl groups excluding tert-OH is 1. The van der Waals surface area contributed by atoms with E-state index in [1.165, 1.54) is 5.56 Å². The standard InChI is InChI=1S/C13H17N3OS/c1-10-15-16-13(18-10)14-9-12(7-8-17)11-5-3-2-4-6-11/h2-6,12,17H,7-9H2,1H3,(H,14,16). The molecule has 2 rings (SSSR count). The van der Waals surface area contributed by atoms with Gasteiger partial charge in [-0.1, -0.05) is 41.7 Å². The fourth-order valence-electron chi connectivity index (χ4n) is 1.85. The molecule has 5 heteroatoms. The minimum atomic E-state index is 0.191. The van der Waals surface area contributed by atoms with Crippen molar-refractivity contribution in [3.05, 3.63) is 40.9 Å². The van der Waals surface area contributed by atoms with Gasteiger partial charge in [-0.05, 0) is 18.9 Å². The smallest absolute Gasteiger partial charge is 0.205 e. The third kappa shape index (κ3) is 3.51. The van der Waals surface area contributed by atoms with Crippen LogP contribution in [0.4, 0.5) is 5.13 Å². The number of anilines is 1. The van der Waals surface area contributed by atoms with Crippen LogP contribution in [-0.4, -0.2) is 28.5 Å². The van der Waals surface area contributed by atoms with Gasteiger partial charge in [-0.25, -0.2) is 0 Å². The number of aryl methyl sites for hydroxylation is 1. The summed E-state index contributed by atoms with van der Waals surface area (Å²) in [5, 5.41) is 22.2. The van der Waals surface area contributed by atoms with Crippen LogP contribution >= 0.6 is 11.3 Å². The number of aromatic nitrogens is 2. The molecule has 0 bridgehead atoms. The third-order valence-corrected chi connectivity index (χ3v) is 3.57. The Morgan fingerprint density at radius 1 is 1.28 bits per heavy atom. The number of hydrogen-bond acceptors (Lipinski definition) is 5. The number of aliphatic hydroxyl groups is 1. The van der Waals surface area contributed by atoms with Crippen LogP contribution in [-0.2, 0) is 0 Å². The van der Waals surface area contributed by atoms with Gasteiger partial charge in [-0.3, -0.25) is 0 Å². The molecule has 1 unspecified atom stereocenters. The van der Waals surface area contributed by atoms with Crippen molar-refractivity contribution in [1.82, 2.24) is 10.2 Å². The van der Waals surface area contributed by atoms with Crippen LogP contribution in [0.5, 0.6) is 0 Å². The molecule has 4 nitrogen and oxygen atoms in total. The van der Waals surface area contributed by atoms with Crippen molar-refractivity contribution in [2.24, 2.45) is 0 Å². The number of nitrogens with zero attached hydrogens (tertiary/aromatic N) is 2. The molecule has 0 aliphatic rings. The molecule has 0 fully saturated rings. The molecule has 2 aromatic rings. The van der Waals surface area contributed by atoms with Crippen LogP contribution in [0, 0.1) is 6.92 Å². The van der Waals surface area contributed by atoms with Crippen molar-refractivity contribution < 1.29 is 5.11 Å². The van der Waals surface area contributed by atoms with E-state index in [1.54, 1.807) is 11.3 Å². The summed E-state index contributed by atoms with van der Waals surface area (Å²) in [7, 11) is 0. The minimum Gasteiger partial charge on any atom is -0.396 e. The van der Waals surface area contributed by atoms with Gasteiger partial charge in [-0.2, -0.15) is 0 Å². The number of nitrogens with one attached hydrogen (secondary N) is 1. The van der Waals surface area contributed by atoms with Crippen LogP contribution in [0.3, 0.4) is 0 Å². The Morgan fingerprint density at radius 3 is 2.67 bits per heavy atom. The molecule has 1 heterocycles. The van der Waals surface area contributed by atoms with Crippen molar-refractivity contribution in [1.29, 1.82) is 0 Å². The summed E-state index contributed by atoms with van der Waals surface area (Å²) in [4.78, 5) is 0. The van der Waals surface area contributed by atoms with Gasteiger partial charge in [-0.15, -0.1) is 10.2 Å². The molecule has 1 atom stereocenters. The molecule has 0 amide bonds. The molecule has 0 aliphatic heterocycles. The summed E-state index contributed by atoms with van der Waals surface area (Å²) in [6.07, 6.45) is 0.745. The first kappa shape index (κ1) is 13.0. The Kier molecular flexibility index (Phi) is 4.66. The normalized spacial score (nSPS) is 12.3. The summed E-state index contributed by atoms with van der Waals surface area (Å²) >= 11 is 1.55. The van der Waals surface area contributed by atoms with Crippen LogP contribution in [0.25, 0.3) is 0 Å². The van der Waals surface area contributed by atoms with Crippen LogP contribution in [0.15, 0.2) is 30.3 Å². The first-order valence-electron chi connectivity index (χ1n) is 5.99. The Morgan fingerprint density at radius 2 is 2.06 bits per heavy atom. The summed E-state index contributed by atoms with van der Waals surface area (Å²) in [5.74, 6) is 0.292. The fraction of sp³-hybridized carbons (Fsp3) is 0.385. The molecule has 0 spiro atoms. The molecule has 96 valence electrons. The maximum absolute atomic E-state index is 9.15. The molecule has 1 aromatic heterocycles. The average Bonchev–Trinajstić information content (AvgIpc) is 2.81. The highest BCUT2D eigenvalue weighted by Crippen LogP contribution is 2.21. The lowest BCUT2D eigenvalue weighted by molar-refractivity contribution is 0.277. The number of benzene rings is 1. The lowest BCUT2D eigenvalue weighted by atomic mass is 9.96. The van der Waals surface area contributed by atoms with E-state index in [4.69, 9.17) is 5.11 Å². The highest BCUT2D eigenvalue weighted by Gasteiger charge is 2.11. The molecule has 0 saturated heterocycles. The Bertz CT molecular complexity index is 472. The van der Waals surface area contributed by atoms with E-state index in [1.807, 2.05) is 25.1 Å². The monoisotopic (exact) mass is 263 g/mol. The highest BCUT2D eigenvalue weighted by atomic mass is 32.1. The van der Waals surface area contributed by atoms with Gasteiger partial charge in [0.05, 0.1) is 0 Å². The van der Waals surface area contributed by atoms with E-state index in [2.05, 4.69) is 27.6 Å². The largest absolute Gasteiger partial charge is 0.396 e. The zero-order valence-corrected chi connectivity index (χ0v) is 11.2. The first-order chi connectivity index (χ1) is 8.79. The lowest BCUT2D eigenvalue weighted by Crippen LogP contribution is -2.14. The summed E-state index contributed by atoms with van der Waals surface area (Å²) in [6, 6.07) is 10.2.